The van der Waals surface area contributed by atoms with Crippen LogP contribution in [0.2, 0.25) is 0 Å². The SMILES string of the molecule is C=C1CC[C-]=C(c2ccccc2)N1.[Y]. The third kappa shape index (κ3) is 2.80. The number of rotatable bonds is 1. The third-order valence-corrected chi connectivity index (χ3v) is 2.09. The minimum atomic E-state index is 0. The molecule has 1 aromatic carbocycles. The van der Waals surface area contributed by atoms with Crippen LogP contribution in [-0.2, 0) is 32.7 Å². The molecule has 0 saturated carbocycles. The fourth-order valence-corrected chi connectivity index (χ4v) is 1.40. The third-order valence-electron chi connectivity index (χ3n) is 2.09. The molecule has 2 heteroatoms. The predicted octanol–water partition coefficient (Wildman–Crippen LogP) is 2.73. The predicted molar refractivity (Wildman–Crippen MR) is 54.6 cm³/mol. The molecule has 0 fully saturated rings. The summed E-state index contributed by atoms with van der Waals surface area (Å²) in [6.07, 6.45) is 5.28. The fraction of sp³-hybridized carbons (Fsp3) is 0.167. The summed E-state index contributed by atoms with van der Waals surface area (Å²) in [5.41, 5.74) is 3.33. The first-order valence-electron chi connectivity index (χ1n) is 4.47. The van der Waals surface area contributed by atoms with Gasteiger partial charge in [0.2, 0.25) is 0 Å². The van der Waals surface area contributed by atoms with E-state index < -0.39 is 0 Å². The topological polar surface area (TPSA) is 12.0 Å². The molecule has 1 radical (unpaired) electrons. The van der Waals surface area contributed by atoms with E-state index in [1.165, 1.54) is 5.56 Å². The fourth-order valence-electron chi connectivity index (χ4n) is 1.40. The van der Waals surface area contributed by atoms with Gasteiger partial charge in [-0.15, -0.1) is 24.3 Å². The van der Waals surface area contributed by atoms with Gasteiger partial charge in [0.15, 0.2) is 0 Å². The summed E-state index contributed by atoms with van der Waals surface area (Å²) in [4.78, 5) is 0. The summed E-state index contributed by atoms with van der Waals surface area (Å²) >= 11 is 0. The summed E-state index contributed by atoms with van der Waals surface area (Å²) in [6, 6.07) is 10.2. The van der Waals surface area contributed by atoms with E-state index in [1.807, 2.05) is 18.2 Å². The molecule has 0 unspecified atom stereocenters. The van der Waals surface area contributed by atoms with Crippen LogP contribution in [-0.4, -0.2) is 0 Å². The second kappa shape index (κ2) is 5.48. The van der Waals surface area contributed by atoms with Crippen molar-refractivity contribution in [2.75, 3.05) is 0 Å². The normalized spacial score (nSPS) is 15.1. The van der Waals surface area contributed by atoms with Crippen LogP contribution in [0.25, 0.3) is 5.70 Å². The maximum absolute atomic E-state index is 3.92. The average molecular weight is 259 g/mol. The summed E-state index contributed by atoms with van der Waals surface area (Å²) < 4.78 is 0. The molecule has 1 aromatic rings. The standard InChI is InChI=1S/C12H12N.Y/c1-10-6-5-9-12(13-10)11-7-3-2-4-8-11;/h2-4,7-8,13H,1,5-6H2;/q-1;. The molecule has 0 bridgehead atoms. The molecule has 0 amide bonds. The first-order chi connectivity index (χ1) is 6.36. The van der Waals surface area contributed by atoms with E-state index in [2.05, 4.69) is 30.1 Å². The number of hydrogen-bond donors (Lipinski definition) is 1. The van der Waals surface area contributed by atoms with Gasteiger partial charge < -0.3 is 5.32 Å². The number of allylic oxidation sites excluding steroid dienone is 2. The maximum Gasteiger partial charge on any atom is 0.00391 e. The second-order valence-corrected chi connectivity index (χ2v) is 3.15. The van der Waals surface area contributed by atoms with Crippen LogP contribution in [0.4, 0.5) is 0 Å². The first-order valence-corrected chi connectivity index (χ1v) is 4.47. The van der Waals surface area contributed by atoms with Crippen molar-refractivity contribution in [2.24, 2.45) is 0 Å². The smallest absolute Gasteiger partial charge is 0.00391 e. The molecule has 0 spiro atoms. The Labute approximate surface area is 110 Å². The molecule has 1 N–H and O–H groups in total. The van der Waals surface area contributed by atoms with Gasteiger partial charge in [-0.2, -0.15) is 5.56 Å². The van der Waals surface area contributed by atoms with Crippen molar-refractivity contribution in [3.05, 3.63) is 54.2 Å². The Kier molecular flexibility index (Phi) is 4.57. The van der Waals surface area contributed by atoms with Gasteiger partial charge >= 0.3 is 0 Å². The van der Waals surface area contributed by atoms with Gasteiger partial charge in [0.05, 0.1) is 0 Å². The zero-order valence-electron chi connectivity index (χ0n) is 8.09. The molecule has 0 aliphatic carbocycles. The van der Waals surface area contributed by atoms with Crippen LogP contribution < -0.4 is 5.32 Å². The van der Waals surface area contributed by atoms with E-state index in [-0.39, 0.29) is 32.7 Å². The van der Waals surface area contributed by atoms with Crippen molar-refractivity contribution < 1.29 is 32.7 Å². The van der Waals surface area contributed by atoms with Gasteiger partial charge in [-0.3, -0.25) is 0 Å². The first kappa shape index (κ1) is 11.7. The average Bonchev–Trinajstić information content (AvgIpc) is 2.19. The molecule has 2 rings (SSSR count). The van der Waals surface area contributed by atoms with Gasteiger partial charge in [0.1, 0.15) is 0 Å². The van der Waals surface area contributed by atoms with Crippen molar-refractivity contribution in [3.8, 4) is 0 Å². The molecule has 1 heterocycles. The zero-order valence-corrected chi connectivity index (χ0v) is 10.9. The van der Waals surface area contributed by atoms with Crippen molar-refractivity contribution in [2.45, 2.75) is 12.8 Å². The molecule has 0 atom stereocenters. The summed E-state index contributed by atoms with van der Waals surface area (Å²) in [5, 5.41) is 3.24. The Morgan fingerprint density at radius 2 is 1.93 bits per heavy atom. The van der Waals surface area contributed by atoms with E-state index in [9.17, 15) is 0 Å². The molecule has 0 saturated heterocycles. The Morgan fingerprint density at radius 3 is 2.57 bits per heavy atom. The maximum atomic E-state index is 3.92. The zero-order chi connectivity index (χ0) is 9.10. The Morgan fingerprint density at radius 1 is 1.21 bits per heavy atom. The van der Waals surface area contributed by atoms with Gasteiger partial charge in [-0.1, -0.05) is 24.8 Å². The molecular formula is C12H12NY-. The summed E-state index contributed by atoms with van der Waals surface area (Å²) in [5.74, 6) is 0. The van der Waals surface area contributed by atoms with E-state index in [4.69, 9.17) is 0 Å². The summed E-state index contributed by atoms with van der Waals surface area (Å²) in [6.45, 7) is 3.92. The van der Waals surface area contributed by atoms with Crippen molar-refractivity contribution in [1.82, 2.24) is 5.32 Å². The van der Waals surface area contributed by atoms with E-state index in [0.29, 0.717) is 0 Å². The number of benzene rings is 1. The van der Waals surface area contributed by atoms with Crippen LogP contribution in [0, 0.1) is 6.08 Å². The molecule has 14 heavy (non-hydrogen) atoms. The van der Waals surface area contributed by atoms with E-state index in [1.54, 1.807) is 0 Å². The van der Waals surface area contributed by atoms with Gasteiger partial charge in [-0.25, -0.2) is 6.08 Å². The molecule has 1 nitrogen and oxygen atoms in total. The molecule has 1 aliphatic rings. The van der Waals surface area contributed by atoms with E-state index >= 15 is 0 Å². The largest absolute Gasteiger partial charge is 0.394 e. The van der Waals surface area contributed by atoms with Gasteiger partial charge in [0, 0.05) is 38.4 Å². The molecule has 1 aliphatic heterocycles. The van der Waals surface area contributed by atoms with Crippen LogP contribution in [0.1, 0.15) is 18.4 Å². The minimum Gasteiger partial charge on any atom is -0.394 e. The summed E-state index contributed by atoms with van der Waals surface area (Å²) in [7, 11) is 0. The quantitative estimate of drug-likeness (QED) is 0.765. The van der Waals surface area contributed by atoms with Crippen molar-refractivity contribution in [3.63, 3.8) is 0 Å². The van der Waals surface area contributed by atoms with Crippen molar-refractivity contribution >= 4 is 5.70 Å². The number of nitrogens with one attached hydrogen (secondary N) is 1. The van der Waals surface area contributed by atoms with E-state index in [0.717, 1.165) is 24.2 Å². The van der Waals surface area contributed by atoms with Crippen molar-refractivity contribution in [1.29, 1.82) is 0 Å². The molecule has 69 valence electrons. The van der Waals surface area contributed by atoms with Gasteiger partial charge in [0.25, 0.3) is 0 Å². The van der Waals surface area contributed by atoms with Gasteiger partial charge in [-0.05, 0) is 6.42 Å². The number of hydrogen-bond acceptors (Lipinski definition) is 1. The minimum absolute atomic E-state index is 0. The Bertz CT molecular complexity index is 341. The van der Waals surface area contributed by atoms with Crippen LogP contribution >= 0.6 is 0 Å². The Hall–Kier alpha value is -0.396. The van der Waals surface area contributed by atoms with Crippen LogP contribution in [0.15, 0.2) is 42.6 Å². The molecule has 0 aromatic heterocycles. The monoisotopic (exact) mass is 259 g/mol. The van der Waals surface area contributed by atoms with Crippen LogP contribution in [0.5, 0.6) is 0 Å². The Balaban J connectivity index is 0.000000980. The molecular weight excluding hydrogens is 247 g/mol. The van der Waals surface area contributed by atoms with Crippen LogP contribution in [0.3, 0.4) is 0 Å². The second-order valence-electron chi connectivity index (χ2n) is 3.15.